The Labute approximate surface area is 113 Å². The summed E-state index contributed by atoms with van der Waals surface area (Å²) in [5, 5.41) is 9.96. The fraction of sp³-hybridized carbons (Fsp3) is 0.294. The summed E-state index contributed by atoms with van der Waals surface area (Å²) in [5.74, 6) is 1.07. The molecule has 1 saturated heterocycles. The maximum atomic E-state index is 9.96. The van der Waals surface area contributed by atoms with Crippen LogP contribution in [-0.4, -0.2) is 18.3 Å². The summed E-state index contributed by atoms with van der Waals surface area (Å²) in [6.07, 6.45) is 1.03. The molecule has 1 fully saturated rings. The first-order chi connectivity index (χ1) is 9.34. The van der Waals surface area contributed by atoms with Crippen LogP contribution in [0.25, 0.3) is 0 Å². The zero-order valence-electron chi connectivity index (χ0n) is 10.8. The molecule has 1 aliphatic rings. The highest BCUT2D eigenvalue weighted by Gasteiger charge is 2.26. The van der Waals surface area contributed by atoms with Crippen LogP contribution in [0.2, 0.25) is 0 Å². The van der Waals surface area contributed by atoms with Crippen molar-refractivity contribution in [3.05, 3.63) is 65.7 Å². The zero-order valence-corrected chi connectivity index (χ0v) is 10.8. The quantitative estimate of drug-likeness (QED) is 0.885. The largest absolute Gasteiger partial charge is 0.508 e. The molecule has 0 aromatic heterocycles. The third-order valence-corrected chi connectivity index (χ3v) is 3.85. The lowest BCUT2D eigenvalue weighted by atomic mass is 9.84. The zero-order chi connectivity index (χ0) is 13.1. The molecule has 0 spiro atoms. The number of hydrogen-bond acceptors (Lipinski definition) is 2. The van der Waals surface area contributed by atoms with Gasteiger partial charge >= 0.3 is 0 Å². The minimum atomic E-state index is 0.278. The first-order valence-electron chi connectivity index (χ1n) is 6.75. The number of aromatic hydroxyl groups is 1. The SMILES string of the molecule is Oc1ccccc1C1COCC(c2ccccc2)C1. The second kappa shape index (κ2) is 5.45. The predicted molar refractivity (Wildman–Crippen MR) is 75.5 cm³/mol. The molecule has 0 saturated carbocycles. The van der Waals surface area contributed by atoms with Crippen LogP contribution in [0.1, 0.15) is 29.4 Å². The van der Waals surface area contributed by atoms with Crippen LogP contribution >= 0.6 is 0 Å². The maximum absolute atomic E-state index is 9.96. The summed E-state index contributed by atoms with van der Waals surface area (Å²) in [4.78, 5) is 0. The minimum absolute atomic E-state index is 0.278. The number of phenolic OH excluding ortho intramolecular Hbond substituents is 1. The van der Waals surface area contributed by atoms with Gasteiger partial charge in [0.1, 0.15) is 5.75 Å². The third-order valence-electron chi connectivity index (χ3n) is 3.85. The third kappa shape index (κ3) is 2.64. The van der Waals surface area contributed by atoms with Crippen molar-refractivity contribution in [1.82, 2.24) is 0 Å². The van der Waals surface area contributed by atoms with E-state index in [0.29, 0.717) is 18.3 Å². The van der Waals surface area contributed by atoms with Crippen molar-refractivity contribution in [3.8, 4) is 5.75 Å². The van der Waals surface area contributed by atoms with Gasteiger partial charge in [0.25, 0.3) is 0 Å². The molecule has 1 heterocycles. The molecule has 98 valence electrons. The van der Waals surface area contributed by atoms with Crippen molar-refractivity contribution in [2.24, 2.45) is 0 Å². The lowest BCUT2D eigenvalue weighted by Gasteiger charge is -2.30. The smallest absolute Gasteiger partial charge is 0.119 e. The van der Waals surface area contributed by atoms with E-state index in [9.17, 15) is 5.11 Å². The molecule has 2 aromatic carbocycles. The number of ether oxygens (including phenoxy) is 1. The monoisotopic (exact) mass is 254 g/mol. The Morgan fingerprint density at radius 1 is 0.842 bits per heavy atom. The number of rotatable bonds is 2. The number of benzene rings is 2. The van der Waals surface area contributed by atoms with E-state index < -0.39 is 0 Å². The van der Waals surface area contributed by atoms with Crippen LogP contribution in [0.4, 0.5) is 0 Å². The molecule has 0 radical (unpaired) electrons. The molecule has 0 aliphatic carbocycles. The lowest BCUT2D eigenvalue weighted by molar-refractivity contribution is 0.0636. The van der Waals surface area contributed by atoms with Gasteiger partial charge < -0.3 is 9.84 Å². The molecule has 0 amide bonds. The molecular weight excluding hydrogens is 236 g/mol. The maximum Gasteiger partial charge on any atom is 0.119 e. The Morgan fingerprint density at radius 3 is 2.32 bits per heavy atom. The van der Waals surface area contributed by atoms with E-state index in [4.69, 9.17) is 4.74 Å². The first-order valence-corrected chi connectivity index (χ1v) is 6.75. The van der Waals surface area contributed by atoms with E-state index in [1.54, 1.807) is 6.07 Å². The predicted octanol–water partition coefficient (Wildman–Crippen LogP) is 3.68. The Bertz CT molecular complexity index is 536. The second-order valence-electron chi connectivity index (χ2n) is 5.14. The van der Waals surface area contributed by atoms with Crippen LogP contribution in [-0.2, 0) is 4.74 Å². The van der Waals surface area contributed by atoms with Crippen LogP contribution < -0.4 is 0 Å². The average Bonchev–Trinajstić information content (AvgIpc) is 2.49. The van der Waals surface area contributed by atoms with Crippen molar-refractivity contribution in [2.75, 3.05) is 13.2 Å². The molecule has 3 rings (SSSR count). The van der Waals surface area contributed by atoms with Crippen LogP contribution in [0.3, 0.4) is 0 Å². The summed E-state index contributed by atoms with van der Waals surface area (Å²) in [6.45, 7) is 1.47. The molecule has 1 N–H and O–H groups in total. The van der Waals surface area contributed by atoms with Gasteiger partial charge in [-0.1, -0.05) is 48.5 Å². The molecular formula is C17H18O2. The standard InChI is InChI=1S/C17H18O2/c18-17-9-5-4-8-16(17)15-10-14(11-19-12-15)13-6-2-1-3-7-13/h1-9,14-15,18H,10-12H2. The molecule has 2 nitrogen and oxygen atoms in total. The molecule has 1 aliphatic heterocycles. The Morgan fingerprint density at radius 2 is 1.53 bits per heavy atom. The van der Waals surface area contributed by atoms with Crippen LogP contribution in [0, 0.1) is 0 Å². The Kier molecular flexibility index (Phi) is 3.51. The Balaban J connectivity index is 1.81. The fourth-order valence-electron chi connectivity index (χ4n) is 2.84. The van der Waals surface area contributed by atoms with Crippen molar-refractivity contribution < 1.29 is 9.84 Å². The topological polar surface area (TPSA) is 29.5 Å². The van der Waals surface area contributed by atoms with Gasteiger partial charge in [-0.05, 0) is 23.6 Å². The molecule has 2 unspecified atom stereocenters. The van der Waals surface area contributed by atoms with Gasteiger partial charge in [-0.25, -0.2) is 0 Å². The van der Waals surface area contributed by atoms with Gasteiger partial charge in [0.05, 0.1) is 13.2 Å². The summed E-state index contributed by atoms with van der Waals surface area (Å²) in [6, 6.07) is 18.1. The highest BCUT2D eigenvalue weighted by molar-refractivity contribution is 5.36. The summed E-state index contributed by atoms with van der Waals surface area (Å²) < 4.78 is 5.75. The van der Waals surface area contributed by atoms with Crippen molar-refractivity contribution in [2.45, 2.75) is 18.3 Å². The van der Waals surface area contributed by atoms with Crippen molar-refractivity contribution in [3.63, 3.8) is 0 Å². The highest BCUT2D eigenvalue weighted by atomic mass is 16.5. The molecule has 0 bridgehead atoms. The normalized spacial score (nSPS) is 23.2. The lowest BCUT2D eigenvalue weighted by Crippen LogP contribution is -2.23. The molecule has 2 heteroatoms. The van der Waals surface area contributed by atoms with Gasteiger partial charge in [-0.15, -0.1) is 0 Å². The summed E-state index contributed by atoms with van der Waals surface area (Å²) in [5.41, 5.74) is 2.32. The molecule has 2 aromatic rings. The number of hydrogen-bond donors (Lipinski definition) is 1. The van der Waals surface area contributed by atoms with Gasteiger partial charge in [0.2, 0.25) is 0 Å². The van der Waals surface area contributed by atoms with Gasteiger partial charge in [-0.3, -0.25) is 0 Å². The van der Waals surface area contributed by atoms with E-state index in [2.05, 4.69) is 24.3 Å². The molecule has 19 heavy (non-hydrogen) atoms. The minimum Gasteiger partial charge on any atom is -0.508 e. The van der Waals surface area contributed by atoms with Crippen LogP contribution in [0.5, 0.6) is 5.75 Å². The van der Waals surface area contributed by atoms with E-state index in [1.807, 2.05) is 24.3 Å². The van der Waals surface area contributed by atoms with E-state index in [0.717, 1.165) is 18.6 Å². The van der Waals surface area contributed by atoms with E-state index in [1.165, 1.54) is 5.56 Å². The first kappa shape index (κ1) is 12.2. The van der Waals surface area contributed by atoms with Crippen molar-refractivity contribution >= 4 is 0 Å². The molecule has 2 atom stereocenters. The number of para-hydroxylation sites is 1. The summed E-state index contributed by atoms with van der Waals surface area (Å²) >= 11 is 0. The van der Waals surface area contributed by atoms with Gasteiger partial charge in [-0.2, -0.15) is 0 Å². The fourth-order valence-corrected chi connectivity index (χ4v) is 2.84. The Hall–Kier alpha value is -1.80. The van der Waals surface area contributed by atoms with Gasteiger partial charge in [0.15, 0.2) is 0 Å². The average molecular weight is 254 g/mol. The highest BCUT2D eigenvalue weighted by Crippen LogP contribution is 2.37. The second-order valence-corrected chi connectivity index (χ2v) is 5.14. The van der Waals surface area contributed by atoms with Crippen molar-refractivity contribution in [1.29, 1.82) is 0 Å². The summed E-state index contributed by atoms with van der Waals surface area (Å²) in [7, 11) is 0. The van der Waals surface area contributed by atoms with E-state index in [-0.39, 0.29) is 5.92 Å². The van der Waals surface area contributed by atoms with E-state index >= 15 is 0 Å². The number of phenols is 1. The van der Waals surface area contributed by atoms with Crippen LogP contribution in [0.15, 0.2) is 54.6 Å². The van der Waals surface area contributed by atoms with Gasteiger partial charge in [0, 0.05) is 11.8 Å².